The summed E-state index contributed by atoms with van der Waals surface area (Å²) in [6, 6.07) is 2.99. The van der Waals surface area contributed by atoms with Gasteiger partial charge in [0.25, 0.3) is 0 Å². The number of ether oxygens (including phenoxy) is 1. The molecule has 0 amide bonds. The highest BCUT2D eigenvalue weighted by molar-refractivity contribution is 5.19. The highest BCUT2D eigenvalue weighted by atomic mass is 19.4. The fourth-order valence-corrected chi connectivity index (χ4v) is 0.996. The van der Waals surface area contributed by atoms with E-state index in [2.05, 4.69) is 4.98 Å². The van der Waals surface area contributed by atoms with Gasteiger partial charge in [0.05, 0.1) is 19.1 Å². The number of halogens is 3. The van der Waals surface area contributed by atoms with Crippen LogP contribution in [0.1, 0.15) is 25.0 Å². The molecule has 1 N–H and O–H groups in total. The van der Waals surface area contributed by atoms with E-state index >= 15 is 0 Å². The van der Waals surface area contributed by atoms with E-state index in [1.165, 1.54) is 12.3 Å². The van der Waals surface area contributed by atoms with Crippen molar-refractivity contribution in [1.29, 1.82) is 0 Å². The summed E-state index contributed by atoms with van der Waals surface area (Å²) in [6.07, 6.45) is -4.52. The number of pyridine rings is 1. The molecule has 1 heterocycles. The highest BCUT2D eigenvalue weighted by Gasteiger charge is 2.26. The highest BCUT2D eigenvalue weighted by Crippen LogP contribution is 2.20. The van der Waals surface area contributed by atoms with Gasteiger partial charge in [-0.1, -0.05) is 0 Å². The molecule has 0 spiro atoms. The molecule has 3 nitrogen and oxygen atoms in total. The zero-order chi connectivity index (χ0) is 12.2. The van der Waals surface area contributed by atoms with Crippen LogP contribution >= 0.6 is 0 Å². The Kier molecular flexibility index (Phi) is 4.12. The van der Waals surface area contributed by atoms with Crippen LogP contribution in [0.4, 0.5) is 13.2 Å². The topological polar surface area (TPSA) is 42.4 Å². The number of rotatable bonds is 4. The van der Waals surface area contributed by atoms with E-state index in [0.29, 0.717) is 5.56 Å². The Labute approximate surface area is 90.9 Å². The lowest BCUT2D eigenvalue weighted by atomic mass is 10.2. The molecule has 0 aromatic carbocycles. The Morgan fingerprint density at radius 1 is 1.44 bits per heavy atom. The first kappa shape index (κ1) is 12.8. The summed E-state index contributed by atoms with van der Waals surface area (Å²) in [5, 5.41) is 9.17. The van der Waals surface area contributed by atoms with E-state index in [1.807, 2.05) is 0 Å². The van der Waals surface area contributed by atoms with Crippen LogP contribution in [0.3, 0.4) is 0 Å². The largest absolute Gasteiger partial charge is 0.477 e. The molecule has 0 bridgehead atoms. The molecule has 0 saturated carbocycles. The molecule has 1 aromatic rings. The molecular formula is C10H12F3NO2. The predicted molar refractivity (Wildman–Crippen MR) is 51.0 cm³/mol. The van der Waals surface area contributed by atoms with Gasteiger partial charge < -0.3 is 9.84 Å². The van der Waals surface area contributed by atoms with Crippen LogP contribution in [0, 0.1) is 0 Å². The van der Waals surface area contributed by atoms with E-state index < -0.39 is 25.3 Å². The molecule has 16 heavy (non-hydrogen) atoms. The second kappa shape index (κ2) is 5.16. The average Bonchev–Trinajstić information content (AvgIpc) is 2.16. The van der Waals surface area contributed by atoms with Crippen LogP contribution in [-0.2, 0) is 0 Å². The minimum Gasteiger partial charge on any atom is -0.477 e. The summed E-state index contributed by atoms with van der Waals surface area (Å²) in [5.74, 6) is 0.119. The standard InChI is InChI=1S/C10H12F3NO2/c1-7(15)8-2-3-9(14-6-8)16-5-4-10(11,12)13/h2-3,6-7,15H,4-5H2,1H3. The molecule has 1 rings (SSSR count). The molecule has 90 valence electrons. The van der Waals surface area contributed by atoms with Gasteiger partial charge in [-0.3, -0.25) is 0 Å². The molecule has 1 atom stereocenters. The summed E-state index contributed by atoms with van der Waals surface area (Å²) < 4.78 is 40.2. The molecule has 0 aliphatic carbocycles. The molecule has 0 aliphatic rings. The summed E-state index contributed by atoms with van der Waals surface area (Å²) in [6.45, 7) is 1.12. The monoisotopic (exact) mass is 235 g/mol. The third-order valence-electron chi connectivity index (χ3n) is 1.88. The van der Waals surface area contributed by atoms with Crippen molar-refractivity contribution in [1.82, 2.24) is 4.98 Å². The molecule has 6 heteroatoms. The van der Waals surface area contributed by atoms with Gasteiger partial charge in [-0.2, -0.15) is 13.2 Å². The lowest BCUT2D eigenvalue weighted by Crippen LogP contribution is -2.13. The van der Waals surface area contributed by atoms with Gasteiger partial charge >= 0.3 is 6.18 Å². The number of alkyl halides is 3. The van der Waals surface area contributed by atoms with Crippen molar-refractivity contribution in [3.05, 3.63) is 23.9 Å². The van der Waals surface area contributed by atoms with E-state index in [0.717, 1.165) is 0 Å². The molecule has 1 unspecified atom stereocenters. The van der Waals surface area contributed by atoms with E-state index in [9.17, 15) is 13.2 Å². The molecule has 0 fully saturated rings. The number of aliphatic hydroxyl groups is 1. The van der Waals surface area contributed by atoms with Gasteiger partial charge in [0.2, 0.25) is 5.88 Å². The van der Waals surface area contributed by atoms with Crippen molar-refractivity contribution >= 4 is 0 Å². The zero-order valence-corrected chi connectivity index (χ0v) is 8.66. The number of hydrogen-bond acceptors (Lipinski definition) is 3. The van der Waals surface area contributed by atoms with Crippen LogP contribution < -0.4 is 4.74 Å². The Morgan fingerprint density at radius 3 is 2.56 bits per heavy atom. The normalized spacial score (nSPS) is 13.6. The zero-order valence-electron chi connectivity index (χ0n) is 8.66. The van der Waals surface area contributed by atoms with Gasteiger partial charge in [-0.05, 0) is 18.6 Å². The Balaban J connectivity index is 2.44. The fourth-order valence-electron chi connectivity index (χ4n) is 0.996. The smallest absolute Gasteiger partial charge is 0.392 e. The lowest BCUT2D eigenvalue weighted by Gasteiger charge is -2.08. The first-order chi connectivity index (χ1) is 7.38. The molecule has 0 aliphatic heterocycles. The van der Waals surface area contributed by atoms with Crippen LogP contribution in [0.15, 0.2) is 18.3 Å². The minimum absolute atomic E-state index is 0.119. The van der Waals surface area contributed by atoms with E-state index in [-0.39, 0.29) is 5.88 Å². The first-order valence-corrected chi connectivity index (χ1v) is 4.72. The summed E-state index contributed by atoms with van der Waals surface area (Å²) in [7, 11) is 0. The predicted octanol–water partition coefficient (Wildman–Crippen LogP) is 2.47. The van der Waals surface area contributed by atoms with Crippen molar-refractivity contribution in [2.24, 2.45) is 0 Å². The van der Waals surface area contributed by atoms with Crippen LogP contribution in [-0.4, -0.2) is 22.9 Å². The summed E-state index contributed by atoms with van der Waals surface area (Å²) >= 11 is 0. The maximum Gasteiger partial charge on any atom is 0.392 e. The van der Waals surface area contributed by atoms with Crippen molar-refractivity contribution in [3.63, 3.8) is 0 Å². The van der Waals surface area contributed by atoms with Gasteiger partial charge in [0.15, 0.2) is 0 Å². The Bertz CT molecular complexity index is 322. The molecule has 0 radical (unpaired) electrons. The Hall–Kier alpha value is -1.30. The van der Waals surface area contributed by atoms with Gasteiger partial charge in [0, 0.05) is 12.3 Å². The number of aromatic nitrogens is 1. The first-order valence-electron chi connectivity index (χ1n) is 4.72. The number of nitrogens with zero attached hydrogens (tertiary/aromatic N) is 1. The van der Waals surface area contributed by atoms with Crippen molar-refractivity contribution < 1.29 is 23.0 Å². The Morgan fingerprint density at radius 2 is 2.12 bits per heavy atom. The third kappa shape index (κ3) is 4.48. The molecule has 0 saturated heterocycles. The average molecular weight is 235 g/mol. The number of hydrogen-bond donors (Lipinski definition) is 1. The maximum absolute atomic E-state index is 11.8. The number of aliphatic hydroxyl groups excluding tert-OH is 1. The van der Waals surface area contributed by atoms with Gasteiger partial charge in [-0.15, -0.1) is 0 Å². The van der Waals surface area contributed by atoms with Crippen molar-refractivity contribution in [2.75, 3.05) is 6.61 Å². The van der Waals surface area contributed by atoms with Crippen LogP contribution in [0.25, 0.3) is 0 Å². The molecular weight excluding hydrogens is 223 g/mol. The van der Waals surface area contributed by atoms with E-state index in [1.54, 1.807) is 13.0 Å². The minimum atomic E-state index is -4.22. The van der Waals surface area contributed by atoms with Crippen LogP contribution in [0.2, 0.25) is 0 Å². The quantitative estimate of drug-likeness (QED) is 0.871. The van der Waals surface area contributed by atoms with Gasteiger partial charge in [0.1, 0.15) is 0 Å². The second-order valence-electron chi connectivity index (χ2n) is 3.32. The van der Waals surface area contributed by atoms with Crippen LogP contribution in [0.5, 0.6) is 5.88 Å². The lowest BCUT2D eigenvalue weighted by molar-refractivity contribution is -0.139. The van der Waals surface area contributed by atoms with Crippen molar-refractivity contribution in [2.45, 2.75) is 25.6 Å². The van der Waals surface area contributed by atoms with Crippen molar-refractivity contribution in [3.8, 4) is 5.88 Å². The SMILES string of the molecule is CC(O)c1ccc(OCCC(F)(F)F)nc1. The molecule has 1 aromatic heterocycles. The van der Waals surface area contributed by atoms with E-state index in [4.69, 9.17) is 9.84 Å². The second-order valence-corrected chi connectivity index (χ2v) is 3.32. The fraction of sp³-hybridized carbons (Fsp3) is 0.500. The summed E-state index contributed by atoms with van der Waals surface area (Å²) in [5.41, 5.74) is 0.586. The summed E-state index contributed by atoms with van der Waals surface area (Å²) in [4.78, 5) is 3.77. The van der Waals surface area contributed by atoms with Gasteiger partial charge in [-0.25, -0.2) is 4.98 Å². The maximum atomic E-state index is 11.8. The third-order valence-corrected chi connectivity index (χ3v) is 1.88.